The van der Waals surface area contributed by atoms with E-state index in [-0.39, 0.29) is 29.8 Å². The third-order valence-electron chi connectivity index (χ3n) is 4.22. The number of non-ortho nitro benzene ring substituents is 1. The predicted molar refractivity (Wildman–Crippen MR) is 102 cm³/mol. The maximum atomic E-state index is 14.0. The standard InChI is InChI=1S/C19H12FN3O5S/c1-10-16-13(20)3-2-4-14(16)29-17(10)19(24)27-9-15-21-18(22-28-15)11-5-7-12(8-6-11)23(25)26/h2-8H,9H2,1H3. The van der Waals surface area contributed by atoms with E-state index in [1.807, 2.05) is 0 Å². The molecule has 0 spiro atoms. The minimum atomic E-state index is -0.613. The van der Waals surface area contributed by atoms with E-state index >= 15 is 0 Å². The number of esters is 1. The van der Waals surface area contributed by atoms with Crippen LogP contribution in [0.5, 0.6) is 0 Å². The molecule has 8 nitrogen and oxygen atoms in total. The van der Waals surface area contributed by atoms with Crippen LogP contribution in [0.25, 0.3) is 21.5 Å². The van der Waals surface area contributed by atoms with Crippen LogP contribution in [0.3, 0.4) is 0 Å². The lowest BCUT2D eigenvalue weighted by Crippen LogP contribution is -2.05. The number of rotatable bonds is 5. The van der Waals surface area contributed by atoms with E-state index in [1.165, 1.54) is 30.3 Å². The van der Waals surface area contributed by atoms with Crippen molar-refractivity contribution in [2.75, 3.05) is 0 Å². The molecule has 0 bridgehead atoms. The van der Waals surface area contributed by atoms with E-state index in [2.05, 4.69) is 10.1 Å². The van der Waals surface area contributed by atoms with Crippen molar-refractivity contribution in [3.05, 3.63) is 74.7 Å². The lowest BCUT2D eigenvalue weighted by molar-refractivity contribution is -0.384. The lowest BCUT2D eigenvalue weighted by atomic mass is 10.1. The second-order valence-corrected chi connectivity index (χ2v) is 7.11. The van der Waals surface area contributed by atoms with E-state index in [0.717, 1.165) is 11.3 Å². The van der Waals surface area contributed by atoms with Gasteiger partial charge < -0.3 is 9.26 Å². The number of benzene rings is 2. The number of hydrogen-bond donors (Lipinski definition) is 0. The van der Waals surface area contributed by atoms with Crippen molar-refractivity contribution in [3.63, 3.8) is 0 Å². The minimum absolute atomic E-state index is 0.0541. The number of halogens is 1. The molecule has 0 radical (unpaired) electrons. The summed E-state index contributed by atoms with van der Waals surface area (Å²) in [5.41, 5.74) is 0.986. The Labute approximate surface area is 166 Å². The van der Waals surface area contributed by atoms with E-state index in [1.54, 1.807) is 19.1 Å². The van der Waals surface area contributed by atoms with Crippen molar-refractivity contribution in [3.8, 4) is 11.4 Å². The molecule has 2 aromatic carbocycles. The number of ether oxygens (including phenoxy) is 1. The Morgan fingerprint density at radius 3 is 2.72 bits per heavy atom. The number of thiophene rings is 1. The molecule has 0 amide bonds. The van der Waals surface area contributed by atoms with Gasteiger partial charge in [-0.25, -0.2) is 9.18 Å². The summed E-state index contributed by atoms with van der Waals surface area (Å²) in [4.78, 5) is 27.0. The largest absolute Gasteiger partial charge is 0.451 e. The number of nitrogens with zero attached hydrogens (tertiary/aromatic N) is 3. The van der Waals surface area contributed by atoms with E-state index < -0.39 is 10.9 Å². The Kier molecular flexibility index (Phi) is 4.77. The molecular weight excluding hydrogens is 401 g/mol. The van der Waals surface area contributed by atoms with Gasteiger partial charge >= 0.3 is 5.97 Å². The predicted octanol–water partition coefficient (Wildman–Crippen LogP) is 4.66. The van der Waals surface area contributed by atoms with Gasteiger partial charge in [0.1, 0.15) is 10.7 Å². The zero-order valence-electron chi connectivity index (χ0n) is 14.9. The summed E-state index contributed by atoms with van der Waals surface area (Å²) in [6, 6.07) is 10.3. The molecule has 0 aliphatic rings. The Balaban J connectivity index is 1.47. The van der Waals surface area contributed by atoms with Crippen LogP contribution < -0.4 is 0 Å². The zero-order chi connectivity index (χ0) is 20.5. The molecule has 146 valence electrons. The first-order valence-corrected chi connectivity index (χ1v) is 9.18. The maximum absolute atomic E-state index is 14.0. The molecule has 0 unspecified atom stereocenters. The summed E-state index contributed by atoms with van der Waals surface area (Å²) >= 11 is 1.15. The van der Waals surface area contributed by atoms with Crippen LogP contribution >= 0.6 is 11.3 Å². The van der Waals surface area contributed by atoms with Gasteiger partial charge in [-0.3, -0.25) is 10.1 Å². The fourth-order valence-corrected chi connectivity index (χ4v) is 3.92. The monoisotopic (exact) mass is 413 g/mol. The molecule has 2 heterocycles. The number of carbonyl (C=O) groups is 1. The van der Waals surface area contributed by atoms with Gasteiger partial charge in [0.15, 0.2) is 6.61 Å². The Morgan fingerprint density at radius 2 is 2.03 bits per heavy atom. The fourth-order valence-electron chi connectivity index (χ4n) is 2.80. The Bertz CT molecular complexity index is 1230. The van der Waals surface area contributed by atoms with Gasteiger partial charge in [0, 0.05) is 27.8 Å². The highest BCUT2D eigenvalue weighted by Crippen LogP contribution is 2.33. The Morgan fingerprint density at radius 1 is 1.28 bits per heavy atom. The molecule has 0 aliphatic carbocycles. The van der Waals surface area contributed by atoms with E-state index in [9.17, 15) is 19.3 Å². The van der Waals surface area contributed by atoms with Crippen LogP contribution in [-0.2, 0) is 11.3 Å². The molecule has 0 N–H and O–H groups in total. The average Bonchev–Trinajstić information content (AvgIpc) is 3.32. The number of nitro benzene ring substituents is 1. The highest BCUT2D eigenvalue weighted by Gasteiger charge is 2.20. The van der Waals surface area contributed by atoms with E-state index in [4.69, 9.17) is 9.26 Å². The lowest BCUT2D eigenvalue weighted by Gasteiger charge is -2.00. The van der Waals surface area contributed by atoms with Crippen LogP contribution in [0.4, 0.5) is 10.1 Å². The topological polar surface area (TPSA) is 108 Å². The van der Waals surface area contributed by atoms with Crippen molar-refractivity contribution in [2.45, 2.75) is 13.5 Å². The molecule has 29 heavy (non-hydrogen) atoms. The normalized spacial score (nSPS) is 11.0. The second-order valence-electron chi connectivity index (χ2n) is 6.06. The first-order valence-electron chi connectivity index (χ1n) is 8.36. The molecule has 0 atom stereocenters. The molecule has 0 saturated heterocycles. The summed E-state index contributed by atoms with van der Waals surface area (Å²) in [5.74, 6) is -0.721. The fraction of sp³-hybridized carbons (Fsp3) is 0.105. The summed E-state index contributed by atoms with van der Waals surface area (Å²) < 4.78 is 24.9. The van der Waals surface area contributed by atoms with Crippen LogP contribution in [-0.4, -0.2) is 21.0 Å². The van der Waals surface area contributed by atoms with Gasteiger partial charge in [0.05, 0.1) is 4.92 Å². The van der Waals surface area contributed by atoms with Gasteiger partial charge in [0.25, 0.3) is 11.6 Å². The molecular formula is C19H12FN3O5S. The van der Waals surface area contributed by atoms with Crippen molar-refractivity contribution in [1.82, 2.24) is 10.1 Å². The summed E-state index contributed by atoms with van der Waals surface area (Å²) in [6.07, 6.45) is 0. The van der Waals surface area contributed by atoms with E-state index in [0.29, 0.717) is 26.1 Å². The smallest absolute Gasteiger partial charge is 0.349 e. The van der Waals surface area contributed by atoms with Gasteiger partial charge in [-0.2, -0.15) is 4.98 Å². The quantitative estimate of drug-likeness (QED) is 0.266. The van der Waals surface area contributed by atoms with Crippen LogP contribution in [0.15, 0.2) is 47.0 Å². The second kappa shape index (κ2) is 7.40. The van der Waals surface area contributed by atoms with Crippen LogP contribution in [0.1, 0.15) is 21.1 Å². The molecule has 0 fully saturated rings. The average molecular weight is 413 g/mol. The highest BCUT2D eigenvalue weighted by molar-refractivity contribution is 7.21. The van der Waals surface area contributed by atoms with Gasteiger partial charge in [-0.05, 0) is 36.8 Å². The molecule has 4 rings (SSSR count). The van der Waals surface area contributed by atoms with Crippen molar-refractivity contribution in [1.29, 1.82) is 0 Å². The van der Waals surface area contributed by atoms with Crippen molar-refractivity contribution < 1.29 is 23.4 Å². The molecule has 0 aliphatic heterocycles. The van der Waals surface area contributed by atoms with Gasteiger partial charge in [0.2, 0.25) is 5.82 Å². The molecule has 4 aromatic rings. The maximum Gasteiger partial charge on any atom is 0.349 e. The first-order chi connectivity index (χ1) is 13.9. The summed E-state index contributed by atoms with van der Waals surface area (Å²) in [7, 11) is 0. The van der Waals surface area contributed by atoms with Crippen molar-refractivity contribution >= 4 is 33.1 Å². The number of carbonyl (C=O) groups excluding carboxylic acids is 1. The van der Waals surface area contributed by atoms with Gasteiger partial charge in [-0.1, -0.05) is 11.2 Å². The number of hydrogen-bond acceptors (Lipinski definition) is 8. The number of fused-ring (bicyclic) bond motifs is 1. The summed E-state index contributed by atoms with van der Waals surface area (Å²) in [5, 5.41) is 14.9. The number of aromatic nitrogens is 2. The van der Waals surface area contributed by atoms with Crippen molar-refractivity contribution in [2.24, 2.45) is 0 Å². The molecule has 10 heteroatoms. The first kappa shape index (κ1) is 18.7. The minimum Gasteiger partial charge on any atom is -0.451 e. The Hall–Kier alpha value is -3.66. The third-order valence-corrected chi connectivity index (χ3v) is 5.46. The molecule has 2 aromatic heterocycles. The molecule has 0 saturated carbocycles. The van der Waals surface area contributed by atoms with Crippen LogP contribution in [0.2, 0.25) is 0 Å². The SMILES string of the molecule is Cc1c(C(=O)OCc2nc(-c3ccc([N+](=O)[O-])cc3)no2)sc2cccc(F)c12. The number of aryl methyl sites for hydroxylation is 1. The number of nitro groups is 1. The van der Waals surface area contributed by atoms with Crippen LogP contribution in [0, 0.1) is 22.9 Å². The third kappa shape index (κ3) is 3.57. The zero-order valence-corrected chi connectivity index (χ0v) is 15.7. The summed E-state index contributed by atoms with van der Waals surface area (Å²) in [6.45, 7) is 1.41. The highest BCUT2D eigenvalue weighted by atomic mass is 32.1. The van der Waals surface area contributed by atoms with Gasteiger partial charge in [-0.15, -0.1) is 11.3 Å².